The molecule has 1 aliphatic heterocycles. The number of aliphatic hydroxyl groups is 1. The smallest absolute Gasteiger partial charge is 0.201 e. The maximum Gasteiger partial charge on any atom is 0.201 e. The molecule has 1 saturated heterocycles. The van der Waals surface area contributed by atoms with Crippen LogP contribution in [0.5, 0.6) is 5.75 Å². The standard InChI is InChI=1S/C17H16F2N2O2S.C4H6O.C2H6/c1-2-3-8-23-16-12(4-5-13(18)15(16)19)14-11-24-17(20-14)21-6-9-22-10-7-21;1-2-3-4-5;1-2/h1,4-5,11H,3,6-10H2;1,5H,3-4H2;1-2H3. The number of thiazole rings is 1. The van der Waals surface area contributed by atoms with E-state index in [-0.39, 0.29) is 19.0 Å². The quantitative estimate of drug-likeness (QED) is 0.524. The van der Waals surface area contributed by atoms with E-state index in [2.05, 4.69) is 21.7 Å². The molecule has 3 rings (SSSR count). The Balaban J connectivity index is 0.000000605. The molecule has 0 bridgehead atoms. The first-order valence-electron chi connectivity index (χ1n) is 9.99. The third kappa shape index (κ3) is 8.18. The number of benzene rings is 1. The van der Waals surface area contributed by atoms with E-state index in [1.807, 2.05) is 19.2 Å². The zero-order valence-corrected chi connectivity index (χ0v) is 18.7. The highest BCUT2D eigenvalue weighted by atomic mass is 32.1. The molecule has 2 heterocycles. The molecule has 0 unspecified atom stereocenters. The van der Waals surface area contributed by atoms with Gasteiger partial charge < -0.3 is 19.5 Å². The van der Waals surface area contributed by atoms with Crippen LogP contribution in [-0.2, 0) is 4.74 Å². The van der Waals surface area contributed by atoms with Crippen LogP contribution in [0.4, 0.5) is 13.9 Å². The van der Waals surface area contributed by atoms with E-state index in [0.29, 0.717) is 37.3 Å². The van der Waals surface area contributed by atoms with Crippen molar-refractivity contribution in [3.8, 4) is 41.7 Å². The topological polar surface area (TPSA) is 54.8 Å². The number of anilines is 1. The molecule has 0 saturated carbocycles. The number of aliphatic hydroxyl groups excluding tert-OH is 1. The van der Waals surface area contributed by atoms with E-state index in [1.54, 1.807) is 0 Å². The Morgan fingerprint density at radius 3 is 2.45 bits per heavy atom. The summed E-state index contributed by atoms with van der Waals surface area (Å²) in [5.74, 6) is 2.54. The van der Waals surface area contributed by atoms with Gasteiger partial charge in [0, 0.05) is 36.9 Å². The lowest BCUT2D eigenvalue weighted by molar-refractivity contribution is 0.122. The molecule has 168 valence electrons. The first-order valence-corrected chi connectivity index (χ1v) is 10.9. The Hall–Kier alpha value is -2.65. The van der Waals surface area contributed by atoms with Crippen LogP contribution in [-0.4, -0.2) is 49.6 Å². The van der Waals surface area contributed by atoms with Gasteiger partial charge in [-0.2, -0.15) is 4.39 Å². The van der Waals surface area contributed by atoms with Gasteiger partial charge in [-0.05, 0) is 12.1 Å². The predicted octanol–water partition coefficient (Wildman–Crippen LogP) is 4.36. The van der Waals surface area contributed by atoms with Gasteiger partial charge in [-0.3, -0.25) is 0 Å². The number of hydrogen-bond acceptors (Lipinski definition) is 6. The SMILES string of the molecule is C#CCCO.C#CCCOc1c(-c2csc(N3CCOCC3)n2)ccc(F)c1F.CC. The summed E-state index contributed by atoms with van der Waals surface area (Å²) < 4.78 is 38.4. The molecule has 0 spiro atoms. The Kier molecular flexibility index (Phi) is 12.9. The van der Waals surface area contributed by atoms with Crippen molar-refractivity contribution >= 4 is 16.5 Å². The third-order valence-electron chi connectivity index (χ3n) is 3.85. The average molecular weight is 451 g/mol. The monoisotopic (exact) mass is 450 g/mol. The van der Waals surface area contributed by atoms with Crippen LogP contribution in [0.1, 0.15) is 26.7 Å². The van der Waals surface area contributed by atoms with Crippen LogP contribution in [0.3, 0.4) is 0 Å². The number of hydrogen-bond donors (Lipinski definition) is 1. The second kappa shape index (κ2) is 15.2. The molecule has 2 aromatic rings. The molecule has 0 atom stereocenters. The lowest BCUT2D eigenvalue weighted by Crippen LogP contribution is -2.36. The molecule has 1 N–H and O–H groups in total. The molecule has 8 heteroatoms. The Morgan fingerprint density at radius 2 is 1.87 bits per heavy atom. The second-order valence-electron chi connectivity index (χ2n) is 5.83. The summed E-state index contributed by atoms with van der Waals surface area (Å²) in [6.45, 7) is 7.05. The van der Waals surface area contributed by atoms with Crippen molar-refractivity contribution in [2.75, 3.05) is 44.4 Å². The highest BCUT2D eigenvalue weighted by molar-refractivity contribution is 7.14. The fourth-order valence-electron chi connectivity index (χ4n) is 2.44. The fourth-order valence-corrected chi connectivity index (χ4v) is 3.32. The maximum atomic E-state index is 14.1. The molecular formula is C23H28F2N2O3S. The Morgan fingerprint density at radius 1 is 1.19 bits per heavy atom. The molecule has 1 aliphatic rings. The van der Waals surface area contributed by atoms with Crippen molar-refractivity contribution in [1.82, 2.24) is 4.98 Å². The van der Waals surface area contributed by atoms with Gasteiger partial charge in [0.15, 0.2) is 16.7 Å². The van der Waals surface area contributed by atoms with Gasteiger partial charge >= 0.3 is 0 Å². The highest BCUT2D eigenvalue weighted by Crippen LogP contribution is 2.36. The first-order chi connectivity index (χ1) is 15.1. The molecule has 1 aromatic carbocycles. The number of rotatable bonds is 6. The molecule has 1 aromatic heterocycles. The minimum atomic E-state index is -1.02. The summed E-state index contributed by atoms with van der Waals surface area (Å²) in [5, 5.41) is 10.6. The van der Waals surface area contributed by atoms with Crippen LogP contribution < -0.4 is 9.64 Å². The highest BCUT2D eigenvalue weighted by Gasteiger charge is 2.20. The normalized spacial score (nSPS) is 12.4. The van der Waals surface area contributed by atoms with E-state index in [1.165, 1.54) is 17.4 Å². The minimum absolute atomic E-state index is 0.108. The summed E-state index contributed by atoms with van der Waals surface area (Å²) in [5.41, 5.74) is 0.970. The lowest BCUT2D eigenvalue weighted by Gasteiger charge is -2.26. The molecule has 0 radical (unpaired) electrons. The molecule has 0 aliphatic carbocycles. The number of halogens is 2. The van der Waals surface area contributed by atoms with Gasteiger partial charge in [0.25, 0.3) is 0 Å². The first kappa shape index (κ1) is 26.4. The second-order valence-corrected chi connectivity index (χ2v) is 6.67. The van der Waals surface area contributed by atoms with E-state index >= 15 is 0 Å². The van der Waals surface area contributed by atoms with Gasteiger partial charge in [0.2, 0.25) is 5.82 Å². The summed E-state index contributed by atoms with van der Waals surface area (Å²) >= 11 is 1.45. The largest absolute Gasteiger partial charge is 0.489 e. The number of nitrogens with zero attached hydrogens (tertiary/aromatic N) is 2. The number of ether oxygens (including phenoxy) is 2. The van der Waals surface area contributed by atoms with Crippen molar-refractivity contribution in [2.24, 2.45) is 0 Å². The average Bonchev–Trinajstić information content (AvgIpc) is 3.30. The summed E-state index contributed by atoms with van der Waals surface area (Å²) in [6, 6.07) is 2.55. The van der Waals surface area contributed by atoms with Gasteiger partial charge in [0.1, 0.15) is 0 Å². The summed E-state index contributed by atoms with van der Waals surface area (Å²) in [6.07, 6.45) is 10.7. The van der Waals surface area contributed by atoms with Crippen LogP contribution in [0, 0.1) is 36.3 Å². The minimum Gasteiger partial charge on any atom is -0.489 e. The molecule has 0 amide bonds. The maximum absolute atomic E-state index is 14.1. The van der Waals surface area contributed by atoms with E-state index in [9.17, 15) is 8.78 Å². The van der Waals surface area contributed by atoms with Crippen molar-refractivity contribution in [2.45, 2.75) is 26.7 Å². The van der Waals surface area contributed by atoms with E-state index < -0.39 is 11.6 Å². The van der Waals surface area contributed by atoms with E-state index in [4.69, 9.17) is 27.4 Å². The Bertz CT molecular complexity index is 869. The van der Waals surface area contributed by atoms with Gasteiger partial charge in [-0.15, -0.1) is 36.0 Å². The molecular weight excluding hydrogens is 422 g/mol. The molecule has 5 nitrogen and oxygen atoms in total. The van der Waals surface area contributed by atoms with E-state index in [0.717, 1.165) is 24.3 Å². The molecule has 31 heavy (non-hydrogen) atoms. The lowest BCUT2D eigenvalue weighted by atomic mass is 10.1. The number of aromatic nitrogens is 1. The Labute approximate surface area is 187 Å². The van der Waals surface area contributed by atoms with Crippen LogP contribution >= 0.6 is 11.3 Å². The van der Waals surface area contributed by atoms with Crippen molar-refractivity contribution < 1.29 is 23.4 Å². The predicted molar refractivity (Wildman–Crippen MR) is 121 cm³/mol. The fraction of sp³-hybridized carbons (Fsp3) is 0.435. The number of morpholine rings is 1. The van der Waals surface area contributed by atoms with Gasteiger partial charge in [-0.1, -0.05) is 13.8 Å². The van der Waals surface area contributed by atoms with Crippen molar-refractivity contribution in [1.29, 1.82) is 0 Å². The van der Waals surface area contributed by atoms with Gasteiger partial charge in [0.05, 0.1) is 32.1 Å². The third-order valence-corrected chi connectivity index (χ3v) is 4.75. The van der Waals surface area contributed by atoms with Gasteiger partial charge in [-0.25, -0.2) is 9.37 Å². The van der Waals surface area contributed by atoms with Crippen molar-refractivity contribution in [3.63, 3.8) is 0 Å². The number of terminal acetylenes is 2. The van der Waals surface area contributed by atoms with Crippen molar-refractivity contribution in [3.05, 3.63) is 29.1 Å². The zero-order chi connectivity index (χ0) is 23.1. The van der Waals surface area contributed by atoms with Crippen LogP contribution in [0.15, 0.2) is 17.5 Å². The zero-order valence-electron chi connectivity index (χ0n) is 17.9. The molecule has 1 fully saturated rings. The summed E-state index contributed by atoms with van der Waals surface area (Å²) in [7, 11) is 0. The van der Waals surface area contributed by atoms with Crippen LogP contribution in [0.25, 0.3) is 11.3 Å². The van der Waals surface area contributed by atoms with Crippen LogP contribution in [0.2, 0.25) is 0 Å². The summed E-state index contributed by atoms with van der Waals surface area (Å²) in [4.78, 5) is 6.65.